The van der Waals surface area contributed by atoms with Gasteiger partial charge in [0, 0.05) is 12.8 Å². The van der Waals surface area contributed by atoms with Crippen LogP contribution in [0.2, 0.25) is 0 Å². The van der Waals surface area contributed by atoms with E-state index in [1.807, 2.05) is 17.8 Å². The molecule has 0 spiro atoms. The van der Waals surface area contributed by atoms with E-state index in [4.69, 9.17) is 5.73 Å². The molecule has 0 unspecified atom stereocenters. The standard InChI is InChI=1S/C13H20N2O2S2/c1-19(16,17)12-4-2-3-11(13(12)14)15-9-10-5-7-18-8-6-10/h2-4,10,15H,5-9,14H2,1H3. The summed E-state index contributed by atoms with van der Waals surface area (Å²) < 4.78 is 23.2. The lowest BCUT2D eigenvalue weighted by Crippen LogP contribution is -2.20. The van der Waals surface area contributed by atoms with Gasteiger partial charge in [-0.05, 0) is 42.4 Å². The summed E-state index contributed by atoms with van der Waals surface area (Å²) in [6, 6.07) is 5.11. The molecule has 1 saturated heterocycles. The molecule has 1 fully saturated rings. The molecule has 1 aliphatic rings. The zero-order valence-electron chi connectivity index (χ0n) is 11.1. The minimum Gasteiger partial charge on any atom is -0.396 e. The maximum Gasteiger partial charge on any atom is 0.177 e. The molecule has 6 heteroatoms. The van der Waals surface area contributed by atoms with Crippen molar-refractivity contribution in [2.24, 2.45) is 5.92 Å². The van der Waals surface area contributed by atoms with Crippen molar-refractivity contribution in [1.82, 2.24) is 0 Å². The quantitative estimate of drug-likeness (QED) is 0.834. The van der Waals surface area contributed by atoms with Crippen LogP contribution in [0.25, 0.3) is 0 Å². The zero-order chi connectivity index (χ0) is 13.9. The van der Waals surface area contributed by atoms with E-state index in [0.29, 0.717) is 11.6 Å². The molecule has 1 aromatic carbocycles. The summed E-state index contributed by atoms with van der Waals surface area (Å²) in [5, 5.41) is 3.30. The van der Waals surface area contributed by atoms with E-state index in [1.54, 1.807) is 12.1 Å². The molecular weight excluding hydrogens is 280 g/mol. The molecule has 0 amide bonds. The summed E-state index contributed by atoms with van der Waals surface area (Å²) in [5.74, 6) is 3.08. The van der Waals surface area contributed by atoms with Crippen LogP contribution >= 0.6 is 11.8 Å². The number of nitrogens with two attached hydrogens (primary N) is 1. The SMILES string of the molecule is CS(=O)(=O)c1cccc(NCC2CCSCC2)c1N. The predicted octanol–water partition coefficient (Wildman–Crippen LogP) is 2.23. The van der Waals surface area contributed by atoms with Gasteiger partial charge in [-0.3, -0.25) is 0 Å². The van der Waals surface area contributed by atoms with E-state index in [2.05, 4.69) is 5.32 Å². The number of thioether (sulfide) groups is 1. The molecule has 4 nitrogen and oxygen atoms in total. The molecule has 0 atom stereocenters. The summed E-state index contributed by atoms with van der Waals surface area (Å²) >= 11 is 2.00. The van der Waals surface area contributed by atoms with Crippen LogP contribution in [0.3, 0.4) is 0 Å². The van der Waals surface area contributed by atoms with Gasteiger partial charge >= 0.3 is 0 Å². The van der Waals surface area contributed by atoms with Crippen LogP contribution in [0.4, 0.5) is 11.4 Å². The second-order valence-electron chi connectivity index (χ2n) is 4.93. The first-order chi connectivity index (χ1) is 8.98. The molecule has 1 aromatic rings. The van der Waals surface area contributed by atoms with Crippen LogP contribution < -0.4 is 11.1 Å². The van der Waals surface area contributed by atoms with Gasteiger partial charge in [0.2, 0.25) is 0 Å². The highest BCUT2D eigenvalue weighted by Crippen LogP contribution is 2.28. The molecule has 0 aromatic heterocycles. The molecule has 0 radical (unpaired) electrons. The van der Waals surface area contributed by atoms with Gasteiger partial charge in [0.25, 0.3) is 0 Å². The highest BCUT2D eigenvalue weighted by Gasteiger charge is 2.16. The lowest BCUT2D eigenvalue weighted by molar-refractivity contribution is 0.516. The smallest absolute Gasteiger partial charge is 0.177 e. The first kappa shape index (κ1) is 14.5. The Morgan fingerprint density at radius 1 is 1.37 bits per heavy atom. The second-order valence-corrected chi connectivity index (χ2v) is 8.14. The Morgan fingerprint density at radius 3 is 2.68 bits per heavy atom. The van der Waals surface area contributed by atoms with Crippen molar-refractivity contribution < 1.29 is 8.42 Å². The fourth-order valence-electron chi connectivity index (χ4n) is 2.23. The number of nitrogen functional groups attached to an aromatic ring is 1. The maximum absolute atomic E-state index is 11.6. The van der Waals surface area contributed by atoms with Crippen LogP contribution in [0.5, 0.6) is 0 Å². The largest absolute Gasteiger partial charge is 0.396 e. The summed E-state index contributed by atoms with van der Waals surface area (Å²) in [4.78, 5) is 0.205. The first-order valence-corrected chi connectivity index (χ1v) is 9.43. The average Bonchev–Trinajstić information content (AvgIpc) is 2.37. The van der Waals surface area contributed by atoms with Crippen LogP contribution in [-0.4, -0.2) is 32.7 Å². The van der Waals surface area contributed by atoms with Crippen molar-refractivity contribution in [3.05, 3.63) is 18.2 Å². The van der Waals surface area contributed by atoms with Crippen molar-refractivity contribution in [1.29, 1.82) is 0 Å². The highest BCUT2D eigenvalue weighted by molar-refractivity contribution is 7.99. The molecule has 2 rings (SSSR count). The van der Waals surface area contributed by atoms with Crippen LogP contribution in [0.15, 0.2) is 23.1 Å². The van der Waals surface area contributed by atoms with E-state index in [0.717, 1.165) is 12.2 Å². The molecule has 3 N–H and O–H groups in total. The third-order valence-electron chi connectivity index (χ3n) is 3.39. The molecule has 19 heavy (non-hydrogen) atoms. The van der Waals surface area contributed by atoms with Crippen molar-refractivity contribution >= 4 is 33.0 Å². The Labute approximate surface area is 119 Å². The Hall–Kier alpha value is -0.880. The van der Waals surface area contributed by atoms with Crippen molar-refractivity contribution in [3.8, 4) is 0 Å². The topological polar surface area (TPSA) is 72.2 Å². The van der Waals surface area contributed by atoms with Crippen LogP contribution in [0.1, 0.15) is 12.8 Å². The maximum atomic E-state index is 11.6. The molecule has 106 valence electrons. The predicted molar refractivity (Wildman–Crippen MR) is 82.5 cm³/mol. The molecule has 0 bridgehead atoms. The third kappa shape index (κ3) is 3.79. The first-order valence-electron chi connectivity index (χ1n) is 6.38. The number of hydrogen-bond donors (Lipinski definition) is 2. The summed E-state index contributed by atoms with van der Waals surface area (Å²) in [6.45, 7) is 0.859. The highest BCUT2D eigenvalue weighted by atomic mass is 32.2. The summed E-state index contributed by atoms with van der Waals surface area (Å²) in [5.41, 5.74) is 6.99. The Kier molecular flexibility index (Phi) is 4.62. The number of rotatable bonds is 4. The molecular formula is C13H20N2O2S2. The summed E-state index contributed by atoms with van der Waals surface area (Å²) in [7, 11) is -3.27. The second kappa shape index (κ2) is 6.05. The molecule has 0 saturated carbocycles. The number of benzene rings is 1. The Morgan fingerprint density at radius 2 is 2.05 bits per heavy atom. The van der Waals surface area contributed by atoms with Gasteiger partial charge in [0.05, 0.1) is 16.3 Å². The minimum atomic E-state index is -3.27. The Bertz CT molecular complexity index is 538. The van der Waals surface area contributed by atoms with Gasteiger partial charge in [-0.25, -0.2) is 8.42 Å². The third-order valence-corrected chi connectivity index (χ3v) is 5.59. The number of para-hydroxylation sites is 1. The number of nitrogens with one attached hydrogen (secondary N) is 1. The summed E-state index contributed by atoms with van der Waals surface area (Å²) in [6.07, 6.45) is 3.60. The van der Waals surface area contributed by atoms with Crippen molar-refractivity contribution in [3.63, 3.8) is 0 Å². The number of anilines is 2. The molecule has 1 heterocycles. The lowest BCUT2D eigenvalue weighted by atomic mass is 10.0. The lowest BCUT2D eigenvalue weighted by Gasteiger charge is -2.22. The van der Waals surface area contributed by atoms with Gasteiger partial charge in [-0.2, -0.15) is 11.8 Å². The van der Waals surface area contributed by atoms with Crippen molar-refractivity contribution in [2.75, 3.05) is 35.4 Å². The van der Waals surface area contributed by atoms with E-state index in [1.165, 1.54) is 30.6 Å². The molecule has 0 aliphatic carbocycles. The normalized spacial score (nSPS) is 17.3. The molecule has 1 aliphatic heterocycles. The van der Waals surface area contributed by atoms with Crippen LogP contribution in [0, 0.1) is 5.92 Å². The van der Waals surface area contributed by atoms with Gasteiger partial charge in [0.15, 0.2) is 9.84 Å². The van der Waals surface area contributed by atoms with Gasteiger partial charge in [-0.15, -0.1) is 0 Å². The number of sulfone groups is 1. The van der Waals surface area contributed by atoms with Gasteiger partial charge < -0.3 is 11.1 Å². The van der Waals surface area contributed by atoms with Crippen LogP contribution in [-0.2, 0) is 9.84 Å². The minimum absolute atomic E-state index is 0.205. The zero-order valence-corrected chi connectivity index (χ0v) is 12.7. The Balaban J connectivity index is 2.08. The van der Waals surface area contributed by atoms with E-state index < -0.39 is 9.84 Å². The fourth-order valence-corrected chi connectivity index (χ4v) is 4.27. The van der Waals surface area contributed by atoms with Gasteiger partial charge in [-0.1, -0.05) is 6.07 Å². The fraction of sp³-hybridized carbons (Fsp3) is 0.538. The average molecular weight is 300 g/mol. The van der Waals surface area contributed by atoms with E-state index in [-0.39, 0.29) is 4.90 Å². The van der Waals surface area contributed by atoms with Gasteiger partial charge in [0.1, 0.15) is 0 Å². The monoisotopic (exact) mass is 300 g/mol. The van der Waals surface area contributed by atoms with E-state index >= 15 is 0 Å². The number of hydrogen-bond acceptors (Lipinski definition) is 5. The van der Waals surface area contributed by atoms with Crippen molar-refractivity contribution in [2.45, 2.75) is 17.7 Å². The van der Waals surface area contributed by atoms with E-state index in [9.17, 15) is 8.42 Å².